The number of carbonyl (C=O) groups is 1. The van der Waals surface area contributed by atoms with Crippen molar-refractivity contribution in [3.63, 3.8) is 0 Å². The van der Waals surface area contributed by atoms with Gasteiger partial charge in [-0.1, -0.05) is 17.7 Å². The minimum Gasteiger partial charge on any atom is -0.444 e. The van der Waals surface area contributed by atoms with Gasteiger partial charge < -0.3 is 21.1 Å². The highest BCUT2D eigenvalue weighted by Gasteiger charge is 2.30. The minimum absolute atomic E-state index is 0.192. The zero-order chi connectivity index (χ0) is 16.3. The van der Waals surface area contributed by atoms with E-state index in [-0.39, 0.29) is 12.0 Å². The van der Waals surface area contributed by atoms with E-state index in [1.165, 1.54) is 0 Å². The molecule has 1 aromatic rings. The Balaban J connectivity index is 2.21. The molecule has 0 saturated carbocycles. The van der Waals surface area contributed by atoms with E-state index in [0.29, 0.717) is 10.7 Å². The van der Waals surface area contributed by atoms with Crippen molar-refractivity contribution in [3.05, 3.63) is 28.8 Å². The zero-order valence-corrected chi connectivity index (χ0v) is 14.0. The Labute approximate surface area is 136 Å². The van der Waals surface area contributed by atoms with Crippen molar-refractivity contribution in [2.24, 2.45) is 5.92 Å². The first-order valence-corrected chi connectivity index (χ1v) is 7.89. The second kappa shape index (κ2) is 6.75. The summed E-state index contributed by atoms with van der Waals surface area (Å²) in [6, 6.07) is 5.18. The maximum atomic E-state index is 12.2. The molecule has 1 aliphatic rings. The SMILES string of the molecule is CC(C)(C)OC(=O)NC(c1ccc(Cl)cc1N)C1CCNC1. The van der Waals surface area contributed by atoms with Crippen molar-refractivity contribution in [2.45, 2.75) is 38.8 Å². The van der Waals surface area contributed by atoms with Crippen LogP contribution in [-0.2, 0) is 4.74 Å². The monoisotopic (exact) mass is 325 g/mol. The lowest BCUT2D eigenvalue weighted by molar-refractivity contribution is 0.0487. The average molecular weight is 326 g/mol. The number of anilines is 1. The molecule has 1 heterocycles. The molecule has 6 heteroatoms. The Morgan fingerprint density at radius 2 is 2.23 bits per heavy atom. The van der Waals surface area contributed by atoms with Crippen LogP contribution in [0.5, 0.6) is 0 Å². The molecule has 1 amide bonds. The van der Waals surface area contributed by atoms with E-state index < -0.39 is 11.7 Å². The van der Waals surface area contributed by atoms with Crippen molar-refractivity contribution < 1.29 is 9.53 Å². The van der Waals surface area contributed by atoms with E-state index in [1.807, 2.05) is 26.8 Å². The number of ether oxygens (including phenoxy) is 1. The lowest BCUT2D eigenvalue weighted by Gasteiger charge is -2.28. The molecule has 122 valence electrons. The van der Waals surface area contributed by atoms with Gasteiger partial charge in [0.1, 0.15) is 5.60 Å². The number of nitrogens with one attached hydrogen (secondary N) is 2. The maximum Gasteiger partial charge on any atom is 0.408 e. The third kappa shape index (κ3) is 4.52. The first-order valence-electron chi connectivity index (χ1n) is 7.51. The molecule has 4 N–H and O–H groups in total. The third-order valence-electron chi connectivity index (χ3n) is 3.63. The summed E-state index contributed by atoms with van der Waals surface area (Å²) >= 11 is 5.97. The lowest BCUT2D eigenvalue weighted by atomic mass is 9.91. The van der Waals surface area contributed by atoms with Gasteiger partial charge in [0, 0.05) is 17.3 Å². The zero-order valence-electron chi connectivity index (χ0n) is 13.3. The van der Waals surface area contributed by atoms with E-state index >= 15 is 0 Å². The second-order valence-electron chi connectivity index (χ2n) is 6.65. The number of benzene rings is 1. The van der Waals surface area contributed by atoms with Crippen LogP contribution in [0.4, 0.5) is 10.5 Å². The molecule has 2 atom stereocenters. The standard InChI is InChI=1S/C16H24ClN3O2/c1-16(2,3)22-15(21)20-14(10-6-7-19-9-10)12-5-4-11(17)8-13(12)18/h4-5,8,10,14,19H,6-7,9,18H2,1-3H3,(H,20,21). The van der Waals surface area contributed by atoms with Gasteiger partial charge in [-0.25, -0.2) is 4.79 Å². The molecule has 0 radical (unpaired) electrons. The van der Waals surface area contributed by atoms with Crippen molar-refractivity contribution in [3.8, 4) is 0 Å². The molecule has 1 aliphatic heterocycles. The largest absolute Gasteiger partial charge is 0.444 e. The maximum absolute atomic E-state index is 12.2. The Hall–Kier alpha value is -1.46. The van der Waals surface area contributed by atoms with Gasteiger partial charge in [-0.3, -0.25) is 0 Å². The first kappa shape index (κ1) is 16.9. The number of hydrogen-bond donors (Lipinski definition) is 3. The predicted octanol–water partition coefficient (Wildman–Crippen LogP) is 3.10. The number of carbonyl (C=O) groups excluding carboxylic acids is 1. The van der Waals surface area contributed by atoms with Crippen LogP contribution < -0.4 is 16.4 Å². The molecule has 1 saturated heterocycles. The number of alkyl carbamates (subject to hydrolysis) is 1. The van der Waals surface area contributed by atoms with Gasteiger partial charge in [0.15, 0.2) is 0 Å². The molecule has 0 aromatic heterocycles. The van der Waals surface area contributed by atoms with Gasteiger partial charge in [0.25, 0.3) is 0 Å². The van der Waals surface area contributed by atoms with E-state index in [0.717, 1.165) is 25.1 Å². The van der Waals surface area contributed by atoms with Gasteiger partial charge in [0.05, 0.1) is 6.04 Å². The molecule has 2 unspecified atom stereocenters. The Morgan fingerprint density at radius 1 is 1.50 bits per heavy atom. The quantitative estimate of drug-likeness (QED) is 0.746. The molecule has 1 aromatic carbocycles. The van der Waals surface area contributed by atoms with Crippen molar-refractivity contribution in [2.75, 3.05) is 18.8 Å². The van der Waals surface area contributed by atoms with Crippen LogP contribution in [0.15, 0.2) is 18.2 Å². The lowest BCUT2D eigenvalue weighted by Crippen LogP contribution is -2.38. The highest BCUT2D eigenvalue weighted by molar-refractivity contribution is 6.30. The minimum atomic E-state index is -0.534. The molecule has 0 aliphatic carbocycles. The Morgan fingerprint density at radius 3 is 2.77 bits per heavy atom. The van der Waals surface area contributed by atoms with Gasteiger partial charge in [-0.15, -0.1) is 0 Å². The highest BCUT2D eigenvalue weighted by Crippen LogP contribution is 2.32. The fourth-order valence-electron chi connectivity index (χ4n) is 2.67. The van der Waals surface area contributed by atoms with E-state index in [1.54, 1.807) is 12.1 Å². The third-order valence-corrected chi connectivity index (χ3v) is 3.86. The van der Waals surface area contributed by atoms with Crippen LogP contribution in [-0.4, -0.2) is 24.8 Å². The number of nitrogen functional groups attached to an aromatic ring is 1. The van der Waals surface area contributed by atoms with E-state index in [4.69, 9.17) is 22.1 Å². The number of halogens is 1. The van der Waals surface area contributed by atoms with Crippen LogP contribution in [0.3, 0.4) is 0 Å². The smallest absolute Gasteiger partial charge is 0.408 e. The van der Waals surface area contributed by atoms with Gasteiger partial charge in [0.2, 0.25) is 0 Å². The summed E-state index contributed by atoms with van der Waals surface area (Å²) in [4.78, 5) is 12.2. The van der Waals surface area contributed by atoms with Gasteiger partial charge in [-0.05, 0) is 57.4 Å². The van der Waals surface area contributed by atoms with Crippen molar-refractivity contribution >= 4 is 23.4 Å². The van der Waals surface area contributed by atoms with E-state index in [2.05, 4.69) is 10.6 Å². The summed E-state index contributed by atoms with van der Waals surface area (Å²) in [6.45, 7) is 7.30. The van der Waals surface area contributed by atoms with E-state index in [9.17, 15) is 4.79 Å². The second-order valence-corrected chi connectivity index (χ2v) is 7.09. The molecule has 0 bridgehead atoms. The van der Waals surface area contributed by atoms with Crippen molar-refractivity contribution in [1.29, 1.82) is 0 Å². The van der Waals surface area contributed by atoms with Crippen LogP contribution in [0.25, 0.3) is 0 Å². The summed E-state index contributed by atoms with van der Waals surface area (Å²) in [5.74, 6) is 0.274. The summed E-state index contributed by atoms with van der Waals surface area (Å²) < 4.78 is 5.38. The molecule has 2 rings (SSSR count). The Kier molecular flexibility index (Phi) is 5.19. The summed E-state index contributed by atoms with van der Waals surface area (Å²) in [6.07, 6.45) is 0.543. The van der Waals surface area contributed by atoms with Crippen LogP contribution >= 0.6 is 11.6 Å². The van der Waals surface area contributed by atoms with Crippen LogP contribution in [0, 0.1) is 5.92 Å². The number of rotatable bonds is 3. The Bertz CT molecular complexity index is 537. The summed E-state index contributed by atoms with van der Waals surface area (Å²) in [7, 11) is 0. The van der Waals surface area contributed by atoms with Crippen LogP contribution in [0.2, 0.25) is 5.02 Å². The van der Waals surface area contributed by atoms with Gasteiger partial charge in [-0.2, -0.15) is 0 Å². The molecule has 5 nitrogen and oxygen atoms in total. The topological polar surface area (TPSA) is 76.4 Å². The van der Waals surface area contributed by atoms with Gasteiger partial charge >= 0.3 is 6.09 Å². The highest BCUT2D eigenvalue weighted by atomic mass is 35.5. The molecule has 1 fully saturated rings. The first-order chi connectivity index (χ1) is 10.3. The summed E-state index contributed by atoms with van der Waals surface area (Å²) in [5.41, 5.74) is 7.02. The molecular weight excluding hydrogens is 302 g/mol. The molecule has 0 spiro atoms. The predicted molar refractivity (Wildman–Crippen MR) is 89.0 cm³/mol. The number of hydrogen-bond acceptors (Lipinski definition) is 4. The number of amides is 1. The molecular formula is C16H24ClN3O2. The van der Waals surface area contributed by atoms with Crippen LogP contribution in [0.1, 0.15) is 38.8 Å². The summed E-state index contributed by atoms with van der Waals surface area (Å²) in [5, 5.41) is 6.87. The number of nitrogens with two attached hydrogens (primary N) is 1. The van der Waals surface area contributed by atoms with Crippen molar-refractivity contribution in [1.82, 2.24) is 10.6 Å². The fourth-order valence-corrected chi connectivity index (χ4v) is 2.85. The normalized spacial score (nSPS) is 19.7. The fraction of sp³-hybridized carbons (Fsp3) is 0.562. The average Bonchev–Trinajstić information content (AvgIpc) is 2.88. The molecule has 22 heavy (non-hydrogen) atoms.